The number of aromatic nitrogens is 3. The second kappa shape index (κ2) is 12.2. The van der Waals surface area contributed by atoms with Crippen molar-refractivity contribution in [1.29, 1.82) is 0 Å². The number of amides is 1. The predicted octanol–water partition coefficient (Wildman–Crippen LogP) is 5.63. The van der Waals surface area contributed by atoms with Crippen LogP contribution in [0.15, 0.2) is 73.5 Å². The van der Waals surface area contributed by atoms with E-state index in [0.29, 0.717) is 45.5 Å². The van der Waals surface area contributed by atoms with Crippen molar-refractivity contribution in [3.8, 4) is 17.0 Å². The lowest BCUT2D eigenvalue weighted by molar-refractivity contribution is -0.114. The number of carbonyl (C=O) groups excluding carboxylic acids is 1. The van der Waals surface area contributed by atoms with Crippen LogP contribution in [0.5, 0.6) is 5.75 Å². The molecule has 0 aliphatic carbocycles. The van der Waals surface area contributed by atoms with Crippen LogP contribution in [-0.4, -0.2) is 64.2 Å². The van der Waals surface area contributed by atoms with E-state index in [-0.39, 0.29) is 17.6 Å². The summed E-state index contributed by atoms with van der Waals surface area (Å²) >= 11 is 0. The number of benzene rings is 2. The number of halogens is 2. The van der Waals surface area contributed by atoms with Crippen molar-refractivity contribution in [1.82, 2.24) is 19.9 Å². The number of ether oxygens (including phenoxy) is 2. The summed E-state index contributed by atoms with van der Waals surface area (Å²) in [5.74, 6) is -1.66. The molecule has 0 saturated carbocycles. The van der Waals surface area contributed by atoms with Crippen LogP contribution in [0.4, 0.5) is 26.0 Å². The van der Waals surface area contributed by atoms with E-state index in [1.165, 1.54) is 12.4 Å². The second-order valence-corrected chi connectivity index (χ2v) is 10.3. The first-order valence-corrected chi connectivity index (χ1v) is 13.9. The van der Waals surface area contributed by atoms with Crippen LogP contribution < -0.4 is 15.4 Å². The van der Waals surface area contributed by atoms with Crippen LogP contribution in [0, 0.1) is 5.82 Å². The lowest BCUT2D eigenvalue weighted by Gasteiger charge is -2.30. The highest BCUT2D eigenvalue weighted by Crippen LogP contribution is 2.36. The number of nitrogens with zero attached hydrogens (tertiary/aromatic N) is 4. The fraction of sp³-hybridized carbons (Fsp3) is 0.290. The Morgan fingerprint density at radius 3 is 2.71 bits per heavy atom. The van der Waals surface area contributed by atoms with Crippen LogP contribution in [0.3, 0.4) is 0 Å². The van der Waals surface area contributed by atoms with Gasteiger partial charge in [-0.3, -0.25) is 14.7 Å². The Labute approximate surface area is 241 Å². The van der Waals surface area contributed by atoms with Gasteiger partial charge in [-0.25, -0.2) is 18.7 Å². The SMILES string of the molecule is C=C(F)C(=O)Nc1cc2c(Nc3ccnc(-c4ccccc4F)c3)ncnc2cc1OC1CCN(C2CCOCC2)C1. The molecule has 11 heteroatoms. The van der Waals surface area contributed by atoms with Gasteiger partial charge in [-0.2, -0.15) is 0 Å². The van der Waals surface area contributed by atoms with E-state index in [4.69, 9.17) is 9.47 Å². The number of hydrogen-bond donors (Lipinski definition) is 2. The Morgan fingerprint density at radius 1 is 1.07 bits per heavy atom. The third kappa shape index (κ3) is 6.07. The number of fused-ring (bicyclic) bond motifs is 1. The molecular weight excluding hydrogens is 542 g/mol. The summed E-state index contributed by atoms with van der Waals surface area (Å²) in [5, 5.41) is 6.37. The van der Waals surface area contributed by atoms with Gasteiger partial charge in [0.25, 0.3) is 5.91 Å². The molecule has 42 heavy (non-hydrogen) atoms. The quantitative estimate of drug-likeness (QED) is 0.262. The normalized spacial score (nSPS) is 17.7. The second-order valence-electron chi connectivity index (χ2n) is 10.3. The Bertz CT molecular complexity index is 1630. The van der Waals surface area contributed by atoms with Gasteiger partial charge in [0, 0.05) is 61.2 Å². The fourth-order valence-corrected chi connectivity index (χ4v) is 5.44. The highest BCUT2D eigenvalue weighted by Gasteiger charge is 2.31. The molecule has 4 heterocycles. The minimum atomic E-state index is -1.12. The number of rotatable bonds is 8. The molecule has 4 aromatic rings. The zero-order valence-electron chi connectivity index (χ0n) is 22.9. The maximum atomic E-state index is 14.4. The molecule has 2 fully saturated rings. The van der Waals surface area contributed by atoms with Crippen molar-refractivity contribution in [2.45, 2.75) is 31.4 Å². The maximum absolute atomic E-state index is 14.4. The number of hydrogen-bond acceptors (Lipinski definition) is 8. The van der Waals surface area contributed by atoms with Gasteiger partial charge in [0.05, 0.1) is 16.9 Å². The third-order valence-corrected chi connectivity index (χ3v) is 7.58. The first-order chi connectivity index (χ1) is 20.4. The summed E-state index contributed by atoms with van der Waals surface area (Å²) in [6.07, 6.45) is 5.69. The van der Waals surface area contributed by atoms with Crippen molar-refractivity contribution < 1.29 is 23.0 Å². The van der Waals surface area contributed by atoms with E-state index in [0.717, 1.165) is 45.6 Å². The number of pyridine rings is 1. The van der Waals surface area contributed by atoms with Gasteiger partial charge in [-0.05, 0) is 49.6 Å². The van der Waals surface area contributed by atoms with Gasteiger partial charge in [0.15, 0.2) is 5.83 Å². The Hall–Kier alpha value is -4.48. The van der Waals surface area contributed by atoms with Crippen LogP contribution >= 0.6 is 0 Å². The van der Waals surface area contributed by atoms with E-state index in [2.05, 4.69) is 37.1 Å². The summed E-state index contributed by atoms with van der Waals surface area (Å²) in [5.41, 5.74) is 2.27. The van der Waals surface area contributed by atoms with E-state index in [9.17, 15) is 13.6 Å². The predicted molar refractivity (Wildman–Crippen MR) is 156 cm³/mol. The molecule has 6 rings (SSSR count). The molecule has 1 atom stereocenters. The molecule has 9 nitrogen and oxygen atoms in total. The monoisotopic (exact) mass is 572 g/mol. The van der Waals surface area contributed by atoms with Crippen LogP contribution in [-0.2, 0) is 9.53 Å². The lowest BCUT2D eigenvalue weighted by atomic mass is 10.1. The number of likely N-dealkylation sites (tertiary alicyclic amines) is 1. The van der Waals surface area contributed by atoms with Gasteiger partial charge in [0.2, 0.25) is 0 Å². The van der Waals surface area contributed by atoms with Crippen molar-refractivity contribution in [2.75, 3.05) is 36.9 Å². The van der Waals surface area contributed by atoms with E-state index in [1.807, 2.05) is 0 Å². The van der Waals surface area contributed by atoms with E-state index >= 15 is 0 Å². The van der Waals surface area contributed by atoms with E-state index in [1.54, 1.807) is 48.7 Å². The zero-order chi connectivity index (χ0) is 29.1. The minimum absolute atomic E-state index is 0.109. The largest absolute Gasteiger partial charge is 0.487 e. The molecule has 0 spiro atoms. The maximum Gasteiger partial charge on any atom is 0.283 e. The Kier molecular flexibility index (Phi) is 8.02. The number of anilines is 3. The molecule has 2 aliphatic rings. The van der Waals surface area contributed by atoms with Crippen molar-refractivity contribution >= 4 is 34.0 Å². The molecule has 2 N–H and O–H groups in total. The topological polar surface area (TPSA) is 102 Å². The van der Waals surface area contributed by atoms with Gasteiger partial charge < -0.3 is 20.1 Å². The summed E-state index contributed by atoms with van der Waals surface area (Å²) in [6, 6.07) is 13.7. The molecule has 2 aromatic carbocycles. The number of nitrogens with one attached hydrogen (secondary N) is 2. The highest BCUT2D eigenvalue weighted by molar-refractivity contribution is 6.05. The zero-order valence-corrected chi connectivity index (χ0v) is 22.9. The van der Waals surface area contributed by atoms with Crippen LogP contribution in [0.25, 0.3) is 22.2 Å². The van der Waals surface area contributed by atoms with Gasteiger partial charge in [-0.15, -0.1) is 0 Å². The molecule has 0 bridgehead atoms. The van der Waals surface area contributed by atoms with Gasteiger partial charge >= 0.3 is 0 Å². The van der Waals surface area contributed by atoms with Crippen LogP contribution in [0.2, 0.25) is 0 Å². The summed E-state index contributed by atoms with van der Waals surface area (Å²) in [4.78, 5) is 27.9. The van der Waals surface area contributed by atoms with Crippen molar-refractivity contribution in [2.24, 2.45) is 0 Å². The Morgan fingerprint density at radius 2 is 1.90 bits per heavy atom. The first kappa shape index (κ1) is 27.7. The average molecular weight is 573 g/mol. The highest BCUT2D eigenvalue weighted by atomic mass is 19.1. The first-order valence-electron chi connectivity index (χ1n) is 13.9. The van der Waals surface area contributed by atoms with Gasteiger partial charge in [-0.1, -0.05) is 18.7 Å². The standard InChI is InChI=1S/C31H30F2N6O3/c1-19(32)31(40)38-28-15-24-27(16-29(28)42-22-7-11-39(17-22)21-8-12-41-13-9-21)35-18-36-30(24)37-20-6-10-34-26(14-20)23-4-2-3-5-25(23)33/h2-6,10,14-16,18,21-22H,1,7-9,11-13,17H2,(H,38,40)(H,34,35,36,37). The molecule has 2 aliphatic heterocycles. The molecule has 0 radical (unpaired) electrons. The molecule has 1 amide bonds. The van der Waals surface area contributed by atoms with E-state index < -0.39 is 11.7 Å². The van der Waals surface area contributed by atoms with Crippen molar-refractivity contribution in [3.63, 3.8) is 0 Å². The van der Waals surface area contributed by atoms with Crippen LogP contribution in [0.1, 0.15) is 19.3 Å². The van der Waals surface area contributed by atoms with Gasteiger partial charge in [0.1, 0.15) is 29.8 Å². The fourth-order valence-electron chi connectivity index (χ4n) is 5.44. The summed E-state index contributed by atoms with van der Waals surface area (Å²) in [6.45, 7) is 6.29. The average Bonchev–Trinajstić information content (AvgIpc) is 3.47. The third-order valence-electron chi connectivity index (χ3n) is 7.58. The molecule has 2 aromatic heterocycles. The Balaban J connectivity index is 1.29. The molecule has 1 unspecified atom stereocenters. The summed E-state index contributed by atoms with van der Waals surface area (Å²) in [7, 11) is 0. The summed E-state index contributed by atoms with van der Waals surface area (Å²) < 4.78 is 40.0. The number of carbonyl (C=O) groups is 1. The van der Waals surface area contributed by atoms with Crippen molar-refractivity contribution in [3.05, 3.63) is 79.3 Å². The molecule has 2 saturated heterocycles. The lowest BCUT2D eigenvalue weighted by Crippen LogP contribution is -2.38. The minimum Gasteiger partial charge on any atom is -0.487 e. The smallest absolute Gasteiger partial charge is 0.283 e. The molecular formula is C31H30F2N6O3. The molecule has 216 valence electrons.